The maximum absolute atomic E-state index is 9.20. The summed E-state index contributed by atoms with van der Waals surface area (Å²) in [7, 11) is 3.73. The number of hydrogen-bond donors (Lipinski definition) is 0. The smallest absolute Gasteiger partial charge is 0.137 e. The second kappa shape index (κ2) is 7.02. The van der Waals surface area contributed by atoms with Crippen molar-refractivity contribution in [2.45, 2.75) is 0 Å². The molecule has 0 N–H and O–H groups in total. The number of halogens is 1. The van der Waals surface area contributed by atoms with Gasteiger partial charge in [-0.25, -0.2) is 4.99 Å². The van der Waals surface area contributed by atoms with Crippen LogP contribution in [0.25, 0.3) is 0 Å². The molecule has 0 aliphatic carbocycles. The summed E-state index contributed by atoms with van der Waals surface area (Å²) in [6, 6.07) is 11.6. The van der Waals surface area contributed by atoms with Crippen molar-refractivity contribution < 1.29 is 0 Å². The molecule has 1 aromatic heterocycles. The molecule has 0 atom stereocenters. The number of thiophene rings is 1. The number of nitrogens with zero attached hydrogens (tertiary/aromatic N) is 4. The molecule has 2 rings (SSSR count). The van der Waals surface area contributed by atoms with Crippen LogP contribution in [0.5, 0.6) is 0 Å². The third-order valence-corrected chi connectivity index (χ3v) is 4.00. The first-order valence-corrected chi connectivity index (χ1v) is 7.33. The maximum atomic E-state index is 9.20. The fourth-order valence-corrected chi connectivity index (χ4v) is 2.71. The van der Waals surface area contributed by atoms with Gasteiger partial charge in [0.15, 0.2) is 0 Å². The zero-order valence-electron chi connectivity index (χ0n) is 11.6. The lowest BCUT2D eigenvalue weighted by atomic mass is 10.3. The Morgan fingerprint density at radius 3 is 2.57 bits per heavy atom. The predicted molar refractivity (Wildman–Crippen MR) is 89.6 cm³/mol. The van der Waals surface area contributed by atoms with Gasteiger partial charge in [0.05, 0.1) is 21.9 Å². The zero-order chi connectivity index (χ0) is 15.2. The molecule has 0 fully saturated rings. The average molecular weight is 317 g/mol. The van der Waals surface area contributed by atoms with Gasteiger partial charge in [-0.1, -0.05) is 29.8 Å². The summed E-state index contributed by atoms with van der Waals surface area (Å²) in [5.41, 5.74) is 1.22. The minimum atomic E-state index is 0.384. The van der Waals surface area contributed by atoms with Crippen LogP contribution in [0.15, 0.2) is 40.3 Å². The van der Waals surface area contributed by atoms with Crippen molar-refractivity contribution in [2.24, 2.45) is 9.98 Å². The minimum absolute atomic E-state index is 0.384. The highest BCUT2D eigenvalue weighted by Crippen LogP contribution is 2.37. The lowest BCUT2D eigenvalue weighted by molar-refractivity contribution is 0.643. The zero-order valence-corrected chi connectivity index (χ0v) is 13.2. The molecule has 0 spiro atoms. The fourth-order valence-electron chi connectivity index (χ4n) is 1.50. The highest BCUT2D eigenvalue weighted by molar-refractivity contribution is 7.18. The van der Waals surface area contributed by atoms with Crippen molar-refractivity contribution in [2.75, 3.05) is 14.1 Å². The van der Waals surface area contributed by atoms with Gasteiger partial charge in [0.25, 0.3) is 0 Å². The molecule has 0 aliphatic rings. The van der Waals surface area contributed by atoms with Gasteiger partial charge in [0.1, 0.15) is 16.6 Å². The lowest BCUT2D eigenvalue weighted by Crippen LogP contribution is -2.06. The van der Waals surface area contributed by atoms with Gasteiger partial charge in [0.2, 0.25) is 0 Å². The van der Waals surface area contributed by atoms with Crippen molar-refractivity contribution in [3.8, 4) is 6.07 Å². The van der Waals surface area contributed by atoms with E-state index >= 15 is 0 Å². The van der Waals surface area contributed by atoms with Crippen LogP contribution in [-0.2, 0) is 0 Å². The van der Waals surface area contributed by atoms with E-state index < -0.39 is 0 Å². The van der Waals surface area contributed by atoms with E-state index in [1.54, 1.807) is 17.5 Å². The predicted octanol–water partition coefficient (Wildman–Crippen LogP) is 4.25. The normalized spacial score (nSPS) is 11.1. The van der Waals surface area contributed by atoms with E-state index in [9.17, 15) is 5.26 Å². The average Bonchev–Trinajstić information content (AvgIpc) is 2.79. The third kappa shape index (κ3) is 3.91. The van der Waals surface area contributed by atoms with Gasteiger partial charge in [0, 0.05) is 20.3 Å². The second-order valence-corrected chi connectivity index (χ2v) is 5.78. The Kier molecular flexibility index (Phi) is 5.09. The number of nitriles is 1. The molecule has 1 aromatic carbocycles. The molecule has 6 heteroatoms. The molecular formula is C15H13ClN4S. The van der Waals surface area contributed by atoms with Gasteiger partial charge in [-0.15, -0.1) is 11.3 Å². The van der Waals surface area contributed by atoms with Crippen molar-refractivity contribution in [1.82, 2.24) is 4.90 Å². The number of aliphatic imine (C=N–C) groups is 2. The summed E-state index contributed by atoms with van der Waals surface area (Å²) in [5.74, 6) is 0. The quantitative estimate of drug-likeness (QED) is 0.625. The summed E-state index contributed by atoms with van der Waals surface area (Å²) in [4.78, 5) is 11.1. The fraction of sp³-hybridized carbons (Fsp3) is 0.133. The number of benzene rings is 1. The van der Waals surface area contributed by atoms with Gasteiger partial charge < -0.3 is 4.90 Å². The van der Waals surface area contributed by atoms with Crippen LogP contribution in [-0.4, -0.2) is 31.5 Å². The third-order valence-electron chi connectivity index (χ3n) is 2.46. The molecule has 0 aliphatic heterocycles. The molecule has 0 radical (unpaired) electrons. The molecule has 106 valence electrons. The SMILES string of the molecule is CN(C)/C=N/c1sc(/C=N/c2ccccc2)c(Cl)c1C#N. The van der Waals surface area contributed by atoms with Gasteiger partial charge in [-0.2, -0.15) is 5.26 Å². The standard InChI is InChI=1S/C15H13ClN4S/c1-20(2)10-19-15-12(8-17)14(16)13(21-15)9-18-11-6-4-3-5-7-11/h3-7,9-10H,1-2H3/b18-9+,19-10+. The van der Waals surface area contributed by atoms with E-state index in [-0.39, 0.29) is 0 Å². The minimum Gasteiger partial charge on any atom is -0.369 e. The highest BCUT2D eigenvalue weighted by atomic mass is 35.5. The summed E-state index contributed by atoms with van der Waals surface area (Å²) < 4.78 is 0. The van der Waals surface area contributed by atoms with Crippen LogP contribution in [0.1, 0.15) is 10.4 Å². The van der Waals surface area contributed by atoms with E-state index in [1.807, 2.05) is 44.4 Å². The van der Waals surface area contributed by atoms with Gasteiger partial charge >= 0.3 is 0 Å². The Balaban J connectivity index is 2.33. The van der Waals surface area contributed by atoms with Crippen LogP contribution < -0.4 is 0 Å². The van der Waals surface area contributed by atoms with Crippen molar-refractivity contribution >= 4 is 46.2 Å². The first-order valence-electron chi connectivity index (χ1n) is 6.14. The van der Waals surface area contributed by atoms with E-state index in [0.29, 0.717) is 15.6 Å². The van der Waals surface area contributed by atoms with E-state index in [2.05, 4.69) is 16.1 Å². The van der Waals surface area contributed by atoms with Crippen LogP contribution >= 0.6 is 22.9 Å². The summed E-state index contributed by atoms with van der Waals surface area (Å²) in [5, 5.41) is 10.2. The summed E-state index contributed by atoms with van der Waals surface area (Å²) in [6.07, 6.45) is 3.30. The molecule has 1 heterocycles. The molecule has 4 nitrogen and oxygen atoms in total. The maximum Gasteiger partial charge on any atom is 0.137 e. The van der Waals surface area contributed by atoms with Crippen molar-refractivity contribution in [3.05, 3.63) is 45.8 Å². The van der Waals surface area contributed by atoms with Gasteiger partial charge in [-0.05, 0) is 12.1 Å². The van der Waals surface area contributed by atoms with Crippen molar-refractivity contribution in [3.63, 3.8) is 0 Å². The first-order chi connectivity index (χ1) is 10.1. The summed E-state index contributed by atoms with van der Waals surface area (Å²) in [6.45, 7) is 0. The molecule has 0 saturated carbocycles. The topological polar surface area (TPSA) is 51.8 Å². The second-order valence-electron chi connectivity index (χ2n) is 4.37. The van der Waals surface area contributed by atoms with E-state index in [1.165, 1.54) is 11.3 Å². The van der Waals surface area contributed by atoms with E-state index in [4.69, 9.17) is 11.6 Å². The summed E-state index contributed by atoms with van der Waals surface area (Å²) >= 11 is 7.56. The highest BCUT2D eigenvalue weighted by Gasteiger charge is 2.14. The Morgan fingerprint density at radius 2 is 1.95 bits per heavy atom. The van der Waals surface area contributed by atoms with Crippen LogP contribution in [0.4, 0.5) is 10.7 Å². The molecule has 0 unspecified atom stereocenters. The largest absolute Gasteiger partial charge is 0.369 e. The molecular weight excluding hydrogens is 304 g/mol. The molecule has 0 amide bonds. The van der Waals surface area contributed by atoms with Crippen LogP contribution in [0.2, 0.25) is 5.02 Å². The Hall–Kier alpha value is -2.16. The van der Waals surface area contributed by atoms with Crippen LogP contribution in [0, 0.1) is 11.3 Å². The molecule has 21 heavy (non-hydrogen) atoms. The monoisotopic (exact) mass is 316 g/mol. The van der Waals surface area contributed by atoms with Gasteiger partial charge in [-0.3, -0.25) is 4.99 Å². The lowest BCUT2D eigenvalue weighted by Gasteiger charge is -2.00. The number of rotatable bonds is 4. The molecule has 0 saturated heterocycles. The molecule has 0 bridgehead atoms. The van der Waals surface area contributed by atoms with E-state index in [0.717, 1.165) is 10.6 Å². The van der Waals surface area contributed by atoms with Crippen molar-refractivity contribution in [1.29, 1.82) is 5.26 Å². The first kappa shape index (κ1) is 15.2. The Bertz CT molecular complexity index is 711. The van der Waals surface area contributed by atoms with Crippen LogP contribution in [0.3, 0.4) is 0 Å². The molecule has 2 aromatic rings. The Labute approximate surface area is 132 Å². The number of para-hydroxylation sites is 1. The Morgan fingerprint density at radius 1 is 1.24 bits per heavy atom. The number of hydrogen-bond acceptors (Lipinski definition) is 4.